The van der Waals surface area contributed by atoms with Gasteiger partial charge in [0.05, 0.1) is 20.7 Å². The van der Waals surface area contributed by atoms with Crippen LogP contribution in [0.5, 0.6) is 11.5 Å². The van der Waals surface area contributed by atoms with Crippen LogP contribution in [-0.4, -0.2) is 40.4 Å². The number of esters is 2. The minimum Gasteiger partial charge on any atom is -0.741 e. The summed E-state index contributed by atoms with van der Waals surface area (Å²) in [5, 5.41) is 0. The van der Waals surface area contributed by atoms with E-state index in [0.29, 0.717) is 12.6 Å². The molecule has 0 saturated heterocycles. The van der Waals surface area contributed by atoms with Crippen molar-refractivity contribution in [1.29, 1.82) is 0 Å². The van der Waals surface area contributed by atoms with Crippen molar-refractivity contribution in [3.63, 3.8) is 0 Å². The predicted octanol–water partition coefficient (Wildman–Crippen LogP) is 7.99. The average Bonchev–Trinajstić information content (AvgIpc) is 3.08. The van der Waals surface area contributed by atoms with Gasteiger partial charge in [-0.25, -0.2) is 44.7 Å². The Bertz CT molecular complexity index is 1790. The van der Waals surface area contributed by atoms with E-state index in [9.17, 15) is 66.5 Å². The first kappa shape index (κ1) is 45.1. The van der Waals surface area contributed by atoms with Crippen LogP contribution in [0, 0.1) is 59.4 Å². The monoisotopic (exact) mass is 806 g/mol. The molecule has 2 aromatic carbocycles. The second-order valence-corrected chi connectivity index (χ2v) is 9.70. The van der Waals surface area contributed by atoms with Crippen LogP contribution in [0.25, 0.3) is 0 Å². The largest absolute Gasteiger partial charge is 0.741 e. The normalized spacial score (nSPS) is 10.7. The summed E-state index contributed by atoms with van der Waals surface area (Å²) < 4.78 is 200. The van der Waals surface area contributed by atoms with Gasteiger partial charge in [0.2, 0.25) is 40.7 Å². The molecule has 0 radical (unpaired) electrons. The van der Waals surface area contributed by atoms with Crippen LogP contribution < -0.4 is 9.47 Å². The molecule has 0 saturated carbocycles. The third kappa shape index (κ3) is 13.7. The Labute approximate surface area is 287 Å². The van der Waals surface area contributed by atoms with Gasteiger partial charge in [0, 0.05) is 31.6 Å². The van der Waals surface area contributed by atoms with Crippen LogP contribution in [0.15, 0.2) is 48.8 Å². The van der Waals surface area contributed by atoms with Gasteiger partial charge in [0.15, 0.2) is 33.4 Å². The first-order chi connectivity index (χ1) is 24.5. The van der Waals surface area contributed by atoms with Gasteiger partial charge in [-0.05, 0) is 31.2 Å². The van der Waals surface area contributed by atoms with Crippen molar-refractivity contribution in [2.75, 3.05) is 0 Å². The van der Waals surface area contributed by atoms with Gasteiger partial charge in [-0.15, -0.1) is 0 Å². The van der Waals surface area contributed by atoms with Crippen LogP contribution in [0.1, 0.15) is 41.6 Å². The highest BCUT2D eigenvalue weighted by Crippen LogP contribution is 2.28. The van der Waals surface area contributed by atoms with Crippen LogP contribution in [-0.2, 0) is 10.1 Å². The summed E-state index contributed by atoms with van der Waals surface area (Å²) in [7, 11) is -5.17. The average molecular weight is 806 g/mol. The van der Waals surface area contributed by atoms with Gasteiger partial charge < -0.3 is 14.0 Å². The van der Waals surface area contributed by atoms with E-state index in [1.54, 1.807) is 13.8 Å². The molecule has 1 unspecified atom stereocenters. The van der Waals surface area contributed by atoms with Gasteiger partial charge in [0.25, 0.3) is 0 Å². The van der Waals surface area contributed by atoms with Crippen LogP contribution in [0.4, 0.5) is 56.9 Å². The zero-order chi connectivity index (χ0) is 41.4. The van der Waals surface area contributed by atoms with Crippen molar-refractivity contribution in [3.05, 3.63) is 118 Å². The molecule has 2 aromatic heterocycles. The number of hydrogen-bond acceptors (Lipinski definition) is 9. The molecule has 2 heterocycles. The van der Waals surface area contributed by atoms with Gasteiger partial charge in [-0.2, -0.15) is 35.1 Å². The standard InChI is InChI=1S/C13H7F4NO2.C12H4F5NO2.C2H6.CHF3O3S.FH2P/c1-6-2-3-7(5-18-6)13(19)20-12-10(16)8(14)4-9(15)11(12)17;13-6-3-7(14)10(17)11(9(6)16)20-12(19)5-1-2-8(15)18-4-5;1-2;2-1(3,4)8(5,6)7;1-2/h2-5H,1H3;1-4H;1-2H3;(H,5,6,7);2H2/p-1/i;15-1;1T;;. The van der Waals surface area contributed by atoms with Crippen molar-refractivity contribution in [1.82, 2.24) is 9.97 Å². The molecule has 0 bridgehead atoms. The lowest BCUT2D eigenvalue weighted by Gasteiger charge is -2.08. The number of alkyl halides is 3. The quantitative estimate of drug-likeness (QED) is 0.0294. The van der Waals surface area contributed by atoms with Crippen molar-refractivity contribution < 1.29 is 90.3 Å². The fraction of sp³-hybridized carbons (Fsp3) is 0.143. The molecule has 9 nitrogen and oxygen atoms in total. The number of halogens is 13. The highest BCUT2D eigenvalue weighted by molar-refractivity contribution is 7.86. The van der Waals surface area contributed by atoms with E-state index < -0.39 is 91.5 Å². The number of hydrogen-bond donors (Lipinski definition) is 0. The maximum absolute atomic E-state index is 13.3. The van der Waals surface area contributed by atoms with E-state index in [0.717, 1.165) is 34.1 Å². The molecule has 52 heavy (non-hydrogen) atoms. The maximum Gasteiger partial charge on any atom is 0.485 e. The molecule has 0 amide bonds. The number of pyridine rings is 2. The van der Waals surface area contributed by atoms with Gasteiger partial charge in [-0.1, -0.05) is 13.8 Å². The highest BCUT2D eigenvalue weighted by atomic mass is 32.2. The van der Waals surface area contributed by atoms with Crippen molar-refractivity contribution in [2.24, 2.45) is 0 Å². The molecule has 0 aliphatic carbocycles. The summed E-state index contributed by atoms with van der Waals surface area (Å²) in [6.07, 6.45) is 1.85. The Morgan fingerprint density at radius 2 is 1.02 bits per heavy atom. The maximum atomic E-state index is 13.3. The molecular formula is C28H19F13N2O7PS-. The zero-order valence-corrected chi connectivity index (χ0v) is 27.4. The molecule has 286 valence electrons. The lowest BCUT2D eigenvalue weighted by atomic mass is 10.2. The van der Waals surface area contributed by atoms with E-state index in [2.05, 4.69) is 19.4 Å². The Hall–Kier alpha value is -4.89. The van der Waals surface area contributed by atoms with Crippen molar-refractivity contribution >= 4 is 31.6 Å². The number of aryl methyl sites for hydroxylation is 1. The number of benzene rings is 2. The van der Waals surface area contributed by atoms with E-state index in [4.69, 9.17) is 14.3 Å². The molecule has 4 aromatic rings. The molecule has 0 fully saturated rings. The Morgan fingerprint density at radius 3 is 1.27 bits per heavy atom. The molecule has 0 spiro atoms. The van der Waals surface area contributed by atoms with E-state index in [1.165, 1.54) is 12.1 Å². The molecule has 0 aliphatic rings. The molecule has 0 aliphatic heterocycles. The SMILES string of the molecule is Cc1ccc(C(=O)Oc2c(F)c(F)cc(F)c2F)cn1.FP.O=C(Oc1c(F)c(F)cc(F)c1F)c1ccc([18F])nc1.O=S(=O)([O-])C(F)(F)F.[3H]CC. The second kappa shape index (κ2) is 20.8. The number of carbonyl (C=O) groups excluding carboxylic acids is 2. The molecule has 1 atom stereocenters. The summed E-state index contributed by atoms with van der Waals surface area (Å²) in [6, 6.07) is 4.49. The molecule has 4 rings (SSSR count). The molecule has 24 heteroatoms. The second-order valence-electron chi connectivity index (χ2n) is 8.33. The van der Waals surface area contributed by atoms with E-state index >= 15 is 0 Å². The smallest absolute Gasteiger partial charge is 0.485 e. The number of rotatable bonds is 4. The van der Waals surface area contributed by atoms with Crippen LogP contribution in [0.3, 0.4) is 0 Å². The third-order valence-electron chi connectivity index (χ3n) is 4.93. The minimum atomic E-state index is -6.09. The zero-order valence-electron chi connectivity index (χ0n) is 26.5. The fourth-order valence-corrected chi connectivity index (χ4v) is 2.67. The van der Waals surface area contributed by atoms with Crippen molar-refractivity contribution in [2.45, 2.75) is 26.3 Å². The first-order valence-electron chi connectivity index (χ1n) is 13.3. The number of nitrogens with zero attached hydrogens (tertiary/aromatic N) is 2. The summed E-state index contributed by atoms with van der Waals surface area (Å²) in [5.74, 6) is -20.4. The number of ether oxygens (including phenoxy) is 2. The number of carbonyl (C=O) groups is 2. The third-order valence-corrected chi connectivity index (χ3v) is 5.49. The lowest BCUT2D eigenvalue weighted by Crippen LogP contribution is -2.21. The Morgan fingerprint density at radius 1 is 0.712 bits per heavy atom. The Balaban J connectivity index is 0.000000774. The highest BCUT2D eigenvalue weighted by Gasteiger charge is 2.37. The van der Waals surface area contributed by atoms with E-state index in [1.807, 2.05) is 0 Å². The predicted molar refractivity (Wildman–Crippen MR) is 154 cm³/mol. The van der Waals surface area contributed by atoms with Crippen molar-refractivity contribution in [3.8, 4) is 11.5 Å². The van der Waals surface area contributed by atoms with Gasteiger partial charge >= 0.3 is 17.4 Å². The van der Waals surface area contributed by atoms with Crippen LogP contribution in [0.2, 0.25) is 0 Å². The van der Waals surface area contributed by atoms with E-state index in [-0.39, 0.29) is 23.3 Å². The Kier molecular flexibility index (Phi) is 18.1. The summed E-state index contributed by atoms with van der Waals surface area (Å²) >= 11 is 0. The first-order valence-corrected chi connectivity index (χ1v) is 14.5. The van der Waals surface area contributed by atoms with Crippen LogP contribution >= 0.6 is 9.55 Å². The lowest BCUT2D eigenvalue weighted by molar-refractivity contribution is -0.0518. The number of aromatic nitrogens is 2. The topological polar surface area (TPSA) is 136 Å². The van der Waals surface area contributed by atoms with Gasteiger partial charge in [-0.3, -0.25) is 4.98 Å². The minimum absolute atomic E-state index is 0.0232. The van der Waals surface area contributed by atoms with Gasteiger partial charge in [0.1, 0.15) is 0 Å². The summed E-state index contributed by atoms with van der Waals surface area (Å²) in [5.41, 5.74) is -5.50. The molecule has 0 N–H and O–H groups in total. The summed E-state index contributed by atoms with van der Waals surface area (Å²) in [6.45, 7) is 3.95. The fourth-order valence-electron chi connectivity index (χ4n) is 2.67. The summed E-state index contributed by atoms with van der Waals surface area (Å²) in [4.78, 5) is 30.0. The molecular weight excluding hydrogens is 785 g/mol.